The fourth-order valence-electron chi connectivity index (χ4n) is 1.62. The highest BCUT2D eigenvalue weighted by Crippen LogP contribution is 2.17. The number of ether oxygens (including phenoxy) is 1. The molecule has 6 nitrogen and oxygen atoms in total. The zero-order valence-electron chi connectivity index (χ0n) is 11.2. The van der Waals surface area contributed by atoms with Crippen molar-refractivity contribution >= 4 is 17.7 Å². The number of carbonyl (C=O) groups is 1. The fraction of sp³-hybridized carbons (Fsp3) is 0.308. The summed E-state index contributed by atoms with van der Waals surface area (Å²) >= 11 is 1.49. The van der Waals surface area contributed by atoms with E-state index in [0.29, 0.717) is 23.3 Å². The zero-order chi connectivity index (χ0) is 14.4. The first-order valence-corrected chi connectivity index (χ1v) is 7.14. The molecule has 1 aromatic heterocycles. The van der Waals surface area contributed by atoms with E-state index >= 15 is 0 Å². The summed E-state index contributed by atoms with van der Waals surface area (Å²) in [7, 11) is 0. The van der Waals surface area contributed by atoms with Crippen LogP contribution >= 0.6 is 11.8 Å². The summed E-state index contributed by atoms with van der Waals surface area (Å²) < 4.78 is 7.29. The maximum atomic E-state index is 11.0. The minimum absolute atomic E-state index is 0.0979. The molecular weight excluding hydrogens is 276 g/mol. The number of hydrogen-bond donors (Lipinski definition) is 1. The SMILES string of the molecule is Cc1nnc(SCCOc2ccccc2)n1CC(N)=O. The minimum atomic E-state index is -0.407. The number of thioether (sulfide) groups is 1. The molecule has 0 unspecified atom stereocenters. The molecule has 2 aromatic rings. The number of aromatic nitrogens is 3. The van der Waals surface area contributed by atoms with Gasteiger partial charge in [0, 0.05) is 5.75 Å². The predicted molar refractivity (Wildman–Crippen MR) is 76.6 cm³/mol. The Balaban J connectivity index is 1.84. The van der Waals surface area contributed by atoms with Crippen molar-refractivity contribution in [2.75, 3.05) is 12.4 Å². The Morgan fingerprint density at radius 2 is 2.10 bits per heavy atom. The van der Waals surface area contributed by atoms with Crippen LogP contribution < -0.4 is 10.5 Å². The molecule has 106 valence electrons. The number of nitrogens with zero attached hydrogens (tertiary/aromatic N) is 3. The average Bonchev–Trinajstić information content (AvgIpc) is 2.77. The van der Waals surface area contributed by atoms with E-state index < -0.39 is 5.91 Å². The summed E-state index contributed by atoms with van der Waals surface area (Å²) in [5, 5.41) is 8.65. The molecule has 0 aliphatic carbocycles. The Labute approximate surface area is 121 Å². The van der Waals surface area contributed by atoms with Gasteiger partial charge in [-0.15, -0.1) is 10.2 Å². The molecule has 0 saturated carbocycles. The quantitative estimate of drug-likeness (QED) is 0.613. The van der Waals surface area contributed by atoms with E-state index in [-0.39, 0.29) is 6.54 Å². The standard InChI is InChI=1S/C13H16N4O2S/c1-10-15-16-13(17(10)9-12(14)18)20-8-7-19-11-5-3-2-4-6-11/h2-6H,7-9H2,1H3,(H2,14,18). The van der Waals surface area contributed by atoms with E-state index in [4.69, 9.17) is 10.5 Å². The smallest absolute Gasteiger partial charge is 0.237 e. The molecule has 0 aliphatic rings. The molecule has 1 heterocycles. The lowest BCUT2D eigenvalue weighted by Gasteiger charge is -2.07. The first-order chi connectivity index (χ1) is 9.66. The molecule has 0 radical (unpaired) electrons. The Morgan fingerprint density at radius 3 is 2.80 bits per heavy atom. The van der Waals surface area contributed by atoms with E-state index in [2.05, 4.69) is 10.2 Å². The number of primary amides is 1. The lowest BCUT2D eigenvalue weighted by molar-refractivity contribution is -0.118. The molecule has 0 bridgehead atoms. The first kappa shape index (κ1) is 14.4. The summed E-state index contributed by atoms with van der Waals surface area (Å²) in [4.78, 5) is 11.0. The number of benzene rings is 1. The van der Waals surface area contributed by atoms with Crippen molar-refractivity contribution in [3.05, 3.63) is 36.2 Å². The maximum Gasteiger partial charge on any atom is 0.237 e. The van der Waals surface area contributed by atoms with E-state index in [1.54, 1.807) is 11.5 Å². The Hall–Kier alpha value is -2.02. The van der Waals surface area contributed by atoms with Crippen LogP contribution in [0.2, 0.25) is 0 Å². The molecule has 0 fully saturated rings. The molecular formula is C13H16N4O2S. The van der Waals surface area contributed by atoms with Crippen molar-refractivity contribution in [1.82, 2.24) is 14.8 Å². The van der Waals surface area contributed by atoms with Gasteiger partial charge in [0.25, 0.3) is 0 Å². The van der Waals surface area contributed by atoms with Crippen LogP contribution in [0.25, 0.3) is 0 Å². The Bertz CT molecular complexity index is 571. The van der Waals surface area contributed by atoms with Crippen LogP contribution in [0.15, 0.2) is 35.5 Å². The zero-order valence-corrected chi connectivity index (χ0v) is 12.0. The third kappa shape index (κ3) is 3.99. The molecule has 0 saturated heterocycles. The maximum absolute atomic E-state index is 11.0. The summed E-state index contributed by atoms with van der Waals surface area (Å²) in [5.41, 5.74) is 5.20. The lowest BCUT2D eigenvalue weighted by atomic mass is 10.3. The van der Waals surface area contributed by atoms with Gasteiger partial charge in [0.2, 0.25) is 5.91 Å². The van der Waals surface area contributed by atoms with Gasteiger partial charge in [-0.1, -0.05) is 30.0 Å². The summed E-state index contributed by atoms with van der Waals surface area (Å²) in [6.07, 6.45) is 0. The highest BCUT2D eigenvalue weighted by molar-refractivity contribution is 7.99. The molecule has 20 heavy (non-hydrogen) atoms. The molecule has 0 aliphatic heterocycles. The first-order valence-electron chi connectivity index (χ1n) is 6.15. The molecule has 7 heteroatoms. The van der Waals surface area contributed by atoms with Crippen LogP contribution in [0.1, 0.15) is 5.82 Å². The van der Waals surface area contributed by atoms with Gasteiger partial charge in [-0.05, 0) is 19.1 Å². The highest BCUT2D eigenvalue weighted by Gasteiger charge is 2.11. The van der Waals surface area contributed by atoms with E-state index in [1.807, 2.05) is 30.3 Å². The molecule has 1 amide bonds. The van der Waals surface area contributed by atoms with E-state index in [0.717, 1.165) is 5.75 Å². The topological polar surface area (TPSA) is 83.0 Å². The number of hydrogen-bond acceptors (Lipinski definition) is 5. The normalized spacial score (nSPS) is 10.4. The summed E-state index contributed by atoms with van der Waals surface area (Å²) in [6.45, 7) is 2.44. The van der Waals surface area contributed by atoms with Gasteiger partial charge in [0.1, 0.15) is 18.1 Å². The molecule has 0 spiro atoms. The third-order valence-corrected chi connectivity index (χ3v) is 3.47. The average molecular weight is 292 g/mol. The number of rotatable bonds is 7. The Kier molecular flexibility index (Phi) is 5.00. The Morgan fingerprint density at radius 1 is 1.35 bits per heavy atom. The monoisotopic (exact) mass is 292 g/mol. The van der Waals surface area contributed by atoms with Crippen molar-refractivity contribution in [1.29, 1.82) is 0 Å². The van der Waals surface area contributed by atoms with Gasteiger partial charge in [0.05, 0.1) is 6.61 Å². The molecule has 2 rings (SSSR count). The van der Waals surface area contributed by atoms with Gasteiger partial charge in [-0.3, -0.25) is 9.36 Å². The number of amides is 1. The second-order valence-corrected chi connectivity index (χ2v) is 5.15. The van der Waals surface area contributed by atoms with E-state index in [9.17, 15) is 4.79 Å². The number of nitrogens with two attached hydrogens (primary N) is 1. The molecule has 2 N–H and O–H groups in total. The van der Waals surface area contributed by atoms with Gasteiger partial charge in [-0.2, -0.15) is 0 Å². The van der Waals surface area contributed by atoms with Crippen molar-refractivity contribution in [3.63, 3.8) is 0 Å². The van der Waals surface area contributed by atoms with Crippen molar-refractivity contribution in [2.45, 2.75) is 18.6 Å². The van der Waals surface area contributed by atoms with Gasteiger partial charge in [0.15, 0.2) is 5.16 Å². The van der Waals surface area contributed by atoms with Crippen LogP contribution in [-0.2, 0) is 11.3 Å². The predicted octanol–water partition coefficient (Wildman–Crippen LogP) is 1.24. The van der Waals surface area contributed by atoms with Crippen molar-refractivity contribution in [2.24, 2.45) is 5.73 Å². The summed E-state index contributed by atoms with van der Waals surface area (Å²) in [6, 6.07) is 9.61. The molecule has 1 aromatic carbocycles. The van der Waals surface area contributed by atoms with Crippen LogP contribution in [0.5, 0.6) is 5.75 Å². The third-order valence-electron chi connectivity index (χ3n) is 2.54. The van der Waals surface area contributed by atoms with Crippen molar-refractivity contribution < 1.29 is 9.53 Å². The van der Waals surface area contributed by atoms with Gasteiger partial charge >= 0.3 is 0 Å². The number of aryl methyl sites for hydroxylation is 1. The van der Waals surface area contributed by atoms with Gasteiger partial charge < -0.3 is 10.5 Å². The second-order valence-electron chi connectivity index (χ2n) is 4.09. The van der Waals surface area contributed by atoms with Crippen LogP contribution in [-0.4, -0.2) is 33.0 Å². The van der Waals surface area contributed by atoms with Crippen molar-refractivity contribution in [3.8, 4) is 5.75 Å². The summed E-state index contributed by atoms with van der Waals surface area (Å²) in [5.74, 6) is 1.82. The van der Waals surface area contributed by atoms with Crippen LogP contribution in [0, 0.1) is 6.92 Å². The van der Waals surface area contributed by atoms with Gasteiger partial charge in [-0.25, -0.2) is 0 Å². The fourth-order valence-corrected chi connectivity index (χ4v) is 2.42. The number of carbonyl (C=O) groups excluding carboxylic acids is 1. The van der Waals surface area contributed by atoms with Crippen LogP contribution in [0.3, 0.4) is 0 Å². The van der Waals surface area contributed by atoms with E-state index in [1.165, 1.54) is 11.8 Å². The lowest BCUT2D eigenvalue weighted by Crippen LogP contribution is -2.20. The number of para-hydroxylation sites is 1. The minimum Gasteiger partial charge on any atom is -0.493 e. The highest BCUT2D eigenvalue weighted by atomic mass is 32.2. The molecule has 0 atom stereocenters. The second kappa shape index (κ2) is 6.95. The largest absolute Gasteiger partial charge is 0.493 e. The van der Waals surface area contributed by atoms with Crippen LogP contribution in [0.4, 0.5) is 0 Å².